The van der Waals surface area contributed by atoms with E-state index < -0.39 is 11.2 Å². The van der Waals surface area contributed by atoms with Crippen LogP contribution < -0.4 is 9.47 Å². The number of rotatable bonds is 23. The van der Waals surface area contributed by atoms with Crippen molar-refractivity contribution in [3.8, 4) is 11.5 Å². The van der Waals surface area contributed by atoms with Gasteiger partial charge >= 0.3 is 0 Å². The number of benzene rings is 3. The van der Waals surface area contributed by atoms with Crippen LogP contribution in [0.15, 0.2) is 114 Å². The Labute approximate surface area is 339 Å². The highest BCUT2D eigenvalue weighted by atomic mass is 16.5. The Kier molecular flexibility index (Phi) is 17.1. The first kappa shape index (κ1) is 44.6. The summed E-state index contributed by atoms with van der Waals surface area (Å²) in [5.41, 5.74) is 11.1. The monoisotopic (exact) mass is 761 g/mol. The molecule has 0 bridgehead atoms. The van der Waals surface area contributed by atoms with Crippen molar-refractivity contribution in [3.05, 3.63) is 136 Å². The van der Waals surface area contributed by atoms with Crippen molar-refractivity contribution in [2.45, 2.75) is 124 Å². The maximum Gasteiger partial charge on any atom is 0.119 e. The SMILES string of the molecule is CCCCOc1ccc(C(=C(C2=CC=C(C(C)(C)OCCCC)C=C=C2)c2ccc(C(C)(C)OCCC(C)(C)OC)cc2)c2ccc(OCCCC)cc2)cc1. The minimum atomic E-state index is -0.485. The molecule has 3 aromatic carbocycles. The summed E-state index contributed by atoms with van der Waals surface area (Å²) >= 11 is 0. The molecular formula is C51H68O5. The lowest BCUT2D eigenvalue weighted by Gasteiger charge is -2.29. The van der Waals surface area contributed by atoms with E-state index in [2.05, 4.69) is 165 Å². The second-order valence-corrected chi connectivity index (χ2v) is 16.3. The first-order valence-corrected chi connectivity index (χ1v) is 20.8. The van der Waals surface area contributed by atoms with Gasteiger partial charge in [0.15, 0.2) is 0 Å². The van der Waals surface area contributed by atoms with E-state index in [0.717, 1.165) is 108 Å². The minimum absolute atomic E-state index is 0.241. The first-order chi connectivity index (χ1) is 26.8. The molecule has 1 aliphatic carbocycles. The average molecular weight is 761 g/mol. The fraction of sp³-hybridized carbons (Fsp3) is 0.471. The van der Waals surface area contributed by atoms with Crippen LogP contribution in [0.4, 0.5) is 0 Å². The van der Waals surface area contributed by atoms with Gasteiger partial charge < -0.3 is 23.7 Å². The van der Waals surface area contributed by atoms with Gasteiger partial charge in [-0.05, 0) is 148 Å². The Morgan fingerprint density at radius 2 is 1.02 bits per heavy atom. The van der Waals surface area contributed by atoms with Gasteiger partial charge in [-0.15, -0.1) is 5.73 Å². The Balaban J connectivity index is 1.90. The third-order valence-corrected chi connectivity index (χ3v) is 10.5. The molecule has 0 saturated carbocycles. The fourth-order valence-electron chi connectivity index (χ4n) is 6.37. The third-order valence-electron chi connectivity index (χ3n) is 10.5. The summed E-state index contributed by atoms with van der Waals surface area (Å²) in [4.78, 5) is 0. The van der Waals surface area contributed by atoms with Gasteiger partial charge in [0, 0.05) is 13.7 Å². The number of hydrogen-bond acceptors (Lipinski definition) is 5. The molecule has 0 saturated heterocycles. The van der Waals surface area contributed by atoms with Gasteiger partial charge in [-0.25, -0.2) is 0 Å². The molecule has 302 valence electrons. The molecule has 0 atom stereocenters. The van der Waals surface area contributed by atoms with Crippen LogP contribution in [-0.4, -0.2) is 44.7 Å². The molecule has 56 heavy (non-hydrogen) atoms. The molecule has 0 fully saturated rings. The van der Waals surface area contributed by atoms with Crippen LogP contribution in [0.25, 0.3) is 11.1 Å². The fourth-order valence-corrected chi connectivity index (χ4v) is 6.37. The summed E-state index contributed by atoms with van der Waals surface area (Å²) in [7, 11) is 1.75. The molecule has 1 aliphatic rings. The third kappa shape index (κ3) is 13.0. The highest BCUT2D eigenvalue weighted by Crippen LogP contribution is 2.40. The van der Waals surface area contributed by atoms with E-state index in [1.807, 2.05) is 0 Å². The van der Waals surface area contributed by atoms with Crippen molar-refractivity contribution in [2.24, 2.45) is 0 Å². The molecule has 5 heteroatoms. The number of hydrogen-bond donors (Lipinski definition) is 0. The van der Waals surface area contributed by atoms with Crippen LogP contribution in [0.2, 0.25) is 0 Å². The van der Waals surface area contributed by atoms with Crippen LogP contribution in [0.1, 0.15) is 130 Å². The molecule has 0 N–H and O–H groups in total. The smallest absolute Gasteiger partial charge is 0.119 e. The Morgan fingerprint density at radius 3 is 1.54 bits per heavy atom. The van der Waals surface area contributed by atoms with Crippen molar-refractivity contribution >= 4 is 11.1 Å². The van der Waals surface area contributed by atoms with Crippen LogP contribution in [0.3, 0.4) is 0 Å². The van der Waals surface area contributed by atoms with Crippen LogP contribution in [0, 0.1) is 0 Å². The highest BCUT2D eigenvalue weighted by Gasteiger charge is 2.26. The van der Waals surface area contributed by atoms with Gasteiger partial charge in [0.05, 0.1) is 36.6 Å². The van der Waals surface area contributed by atoms with E-state index in [9.17, 15) is 0 Å². The molecule has 0 spiro atoms. The van der Waals surface area contributed by atoms with Crippen molar-refractivity contribution in [3.63, 3.8) is 0 Å². The molecule has 0 aromatic heterocycles. The summed E-state index contributed by atoms with van der Waals surface area (Å²) in [6, 6.07) is 25.9. The van der Waals surface area contributed by atoms with Gasteiger partial charge in [0.1, 0.15) is 11.5 Å². The van der Waals surface area contributed by atoms with Gasteiger partial charge in [-0.3, -0.25) is 0 Å². The molecule has 0 unspecified atom stereocenters. The second-order valence-electron chi connectivity index (χ2n) is 16.3. The summed E-state index contributed by atoms with van der Waals surface area (Å²) in [5.74, 6) is 1.75. The van der Waals surface area contributed by atoms with E-state index in [0.29, 0.717) is 19.8 Å². The second kappa shape index (κ2) is 21.4. The lowest BCUT2D eigenvalue weighted by atomic mass is 9.84. The summed E-state index contributed by atoms with van der Waals surface area (Å²) in [6.45, 7) is 22.0. The number of allylic oxidation sites excluding steroid dienone is 4. The lowest BCUT2D eigenvalue weighted by molar-refractivity contribution is -0.0609. The van der Waals surface area contributed by atoms with Gasteiger partial charge in [-0.2, -0.15) is 0 Å². The molecule has 4 rings (SSSR count). The van der Waals surface area contributed by atoms with Crippen molar-refractivity contribution in [1.29, 1.82) is 0 Å². The zero-order valence-corrected chi connectivity index (χ0v) is 36.1. The number of unbranched alkanes of at least 4 members (excludes halogenated alkanes) is 3. The lowest BCUT2D eigenvalue weighted by Crippen LogP contribution is -2.28. The topological polar surface area (TPSA) is 46.2 Å². The minimum Gasteiger partial charge on any atom is -0.494 e. The Bertz CT molecular complexity index is 1760. The largest absolute Gasteiger partial charge is 0.494 e. The summed E-state index contributed by atoms with van der Waals surface area (Å²) < 4.78 is 30.7. The first-order valence-electron chi connectivity index (χ1n) is 20.8. The normalized spacial score (nSPS) is 13.2. The molecule has 0 radical (unpaired) electrons. The van der Waals surface area contributed by atoms with Crippen LogP contribution in [0.5, 0.6) is 11.5 Å². The zero-order valence-electron chi connectivity index (χ0n) is 36.1. The van der Waals surface area contributed by atoms with E-state index in [1.54, 1.807) is 7.11 Å². The predicted octanol–water partition coefficient (Wildman–Crippen LogP) is 13.2. The van der Waals surface area contributed by atoms with E-state index >= 15 is 0 Å². The van der Waals surface area contributed by atoms with E-state index in [1.165, 1.54) is 0 Å². The number of ether oxygens (including phenoxy) is 5. The zero-order chi connectivity index (χ0) is 40.6. The van der Waals surface area contributed by atoms with E-state index in [4.69, 9.17) is 23.7 Å². The number of methoxy groups -OCH3 is 1. The quantitative estimate of drug-likeness (QED) is 0.0547. The van der Waals surface area contributed by atoms with E-state index in [-0.39, 0.29) is 5.60 Å². The molecule has 0 heterocycles. The standard InChI is InChI=1S/C51H68O5/c1-11-14-35-53-45-30-23-41(24-31-45)48(42-25-32-46(33-26-42)54-36-15-12-2)47(39-18-17-19-43(27-20-39)50(6,7)55-37-16-13-3)40-21-28-44(29-22-40)51(8,9)56-38-34-49(4,5)52-10/h18-33H,11-16,34-38H2,1-10H3. The van der Waals surface area contributed by atoms with Crippen LogP contribution in [-0.2, 0) is 19.8 Å². The highest BCUT2D eigenvalue weighted by molar-refractivity contribution is 6.05. The molecule has 5 nitrogen and oxygen atoms in total. The maximum absolute atomic E-state index is 6.48. The predicted molar refractivity (Wildman–Crippen MR) is 234 cm³/mol. The average Bonchev–Trinajstić information content (AvgIpc) is 3.45. The molecular weight excluding hydrogens is 693 g/mol. The van der Waals surface area contributed by atoms with Crippen molar-refractivity contribution in [2.75, 3.05) is 33.5 Å². The Hall–Kier alpha value is -4.12. The maximum atomic E-state index is 6.48. The van der Waals surface area contributed by atoms with Crippen molar-refractivity contribution < 1.29 is 23.7 Å². The van der Waals surface area contributed by atoms with Crippen LogP contribution >= 0.6 is 0 Å². The summed E-state index contributed by atoms with van der Waals surface area (Å²) in [5, 5.41) is 0. The molecule has 0 aliphatic heterocycles. The molecule has 0 amide bonds. The van der Waals surface area contributed by atoms with Gasteiger partial charge in [0.2, 0.25) is 0 Å². The van der Waals surface area contributed by atoms with Gasteiger partial charge in [0.25, 0.3) is 0 Å². The van der Waals surface area contributed by atoms with Crippen molar-refractivity contribution in [1.82, 2.24) is 0 Å². The Morgan fingerprint density at radius 1 is 0.536 bits per heavy atom. The molecule has 3 aromatic rings. The summed E-state index contributed by atoms with van der Waals surface area (Å²) in [6.07, 6.45) is 15.7. The van der Waals surface area contributed by atoms with Gasteiger partial charge in [-0.1, -0.05) is 101 Å².